The number of aromatic nitrogens is 2. The molecule has 3 N–H and O–H groups in total. The number of aliphatic hydroxyl groups excluding tert-OH is 1. The minimum Gasteiger partial charge on any atom is -0.394 e. The van der Waals surface area contributed by atoms with E-state index in [0.717, 1.165) is 4.68 Å². The number of halogens is 1. The summed E-state index contributed by atoms with van der Waals surface area (Å²) in [5.74, 6) is -0.726. The molecule has 1 aliphatic heterocycles. The molecule has 1 unspecified atom stereocenters. The van der Waals surface area contributed by atoms with Crippen LogP contribution in [0.3, 0.4) is 0 Å². The number of anilines is 1. The largest absolute Gasteiger partial charge is 0.394 e. The number of rotatable bonds is 4. The molecule has 20 heavy (non-hydrogen) atoms. The maximum atomic E-state index is 11.9. The third-order valence-electron chi connectivity index (χ3n) is 2.87. The van der Waals surface area contributed by atoms with Crippen LogP contribution in [0.1, 0.15) is 12.8 Å². The van der Waals surface area contributed by atoms with Gasteiger partial charge in [0.2, 0.25) is 11.8 Å². The SMILES string of the molecule is O=C1CCC(Nc2cnn(CCO)c(=O)c2Br)C(=O)N1. The summed E-state index contributed by atoms with van der Waals surface area (Å²) in [4.78, 5) is 34.6. The summed E-state index contributed by atoms with van der Waals surface area (Å²) in [6.07, 6.45) is 2.00. The van der Waals surface area contributed by atoms with Crippen molar-refractivity contribution in [3.8, 4) is 0 Å². The molecule has 1 aromatic rings. The van der Waals surface area contributed by atoms with Gasteiger partial charge in [0.05, 0.1) is 25.0 Å². The number of hydrogen-bond acceptors (Lipinski definition) is 6. The standard InChI is InChI=1S/C11H13BrN4O4/c12-9-7(5-13-16(3-4-17)11(9)20)14-6-1-2-8(18)15-10(6)19/h5-6,14,17H,1-4H2,(H,15,18,19). The molecule has 0 aromatic carbocycles. The van der Waals surface area contributed by atoms with Crippen molar-refractivity contribution in [3.63, 3.8) is 0 Å². The van der Waals surface area contributed by atoms with Crippen LogP contribution in [-0.2, 0) is 16.1 Å². The van der Waals surface area contributed by atoms with Crippen LogP contribution in [0, 0.1) is 0 Å². The molecule has 0 radical (unpaired) electrons. The molecule has 1 fully saturated rings. The molecular weight excluding hydrogens is 332 g/mol. The van der Waals surface area contributed by atoms with Crippen molar-refractivity contribution in [2.45, 2.75) is 25.4 Å². The highest BCUT2D eigenvalue weighted by molar-refractivity contribution is 9.10. The third kappa shape index (κ3) is 3.05. The minimum absolute atomic E-state index is 0.0934. The van der Waals surface area contributed by atoms with E-state index >= 15 is 0 Å². The Hall–Kier alpha value is -1.74. The Bertz CT molecular complexity index is 601. The number of imide groups is 1. The van der Waals surface area contributed by atoms with Crippen molar-refractivity contribution >= 4 is 33.4 Å². The molecule has 2 rings (SSSR count). The summed E-state index contributed by atoms with van der Waals surface area (Å²) < 4.78 is 1.34. The topological polar surface area (TPSA) is 113 Å². The van der Waals surface area contributed by atoms with Gasteiger partial charge in [0.25, 0.3) is 5.56 Å². The Morgan fingerprint density at radius 2 is 2.25 bits per heavy atom. The first-order valence-electron chi connectivity index (χ1n) is 5.99. The van der Waals surface area contributed by atoms with Crippen molar-refractivity contribution in [1.29, 1.82) is 0 Å². The first-order chi connectivity index (χ1) is 9.52. The normalized spacial score (nSPS) is 18.8. The van der Waals surface area contributed by atoms with Gasteiger partial charge in [-0.1, -0.05) is 0 Å². The Morgan fingerprint density at radius 3 is 2.90 bits per heavy atom. The molecule has 1 saturated heterocycles. The number of carbonyl (C=O) groups excluding carboxylic acids is 2. The first kappa shape index (κ1) is 14.7. The second-order valence-electron chi connectivity index (χ2n) is 4.27. The molecule has 1 aliphatic rings. The van der Waals surface area contributed by atoms with E-state index in [1.807, 2.05) is 0 Å². The lowest BCUT2D eigenvalue weighted by atomic mass is 10.1. The predicted molar refractivity (Wildman–Crippen MR) is 73.1 cm³/mol. The molecule has 108 valence electrons. The monoisotopic (exact) mass is 344 g/mol. The van der Waals surface area contributed by atoms with Crippen molar-refractivity contribution in [2.24, 2.45) is 0 Å². The summed E-state index contributed by atoms with van der Waals surface area (Å²) in [5.41, 5.74) is -0.0324. The van der Waals surface area contributed by atoms with E-state index in [1.165, 1.54) is 6.20 Å². The number of aliphatic hydroxyl groups is 1. The number of hydrogen-bond donors (Lipinski definition) is 3. The molecule has 1 aromatic heterocycles. The van der Waals surface area contributed by atoms with Gasteiger partial charge in [-0.15, -0.1) is 0 Å². The number of nitrogens with zero attached hydrogens (tertiary/aromatic N) is 2. The number of carbonyl (C=O) groups is 2. The maximum Gasteiger partial charge on any atom is 0.283 e. The van der Waals surface area contributed by atoms with Crippen LogP contribution in [0.25, 0.3) is 0 Å². The minimum atomic E-state index is -0.584. The van der Waals surface area contributed by atoms with Gasteiger partial charge < -0.3 is 10.4 Å². The molecule has 1 atom stereocenters. The molecular formula is C11H13BrN4O4. The van der Waals surface area contributed by atoms with Crippen LogP contribution in [0.2, 0.25) is 0 Å². The maximum absolute atomic E-state index is 11.9. The zero-order valence-corrected chi connectivity index (χ0v) is 12.0. The second kappa shape index (κ2) is 6.14. The van der Waals surface area contributed by atoms with Gasteiger partial charge in [0.15, 0.2) is 0 Å². The van der Waals surface area contributed by atoms with Crippen molar-refractivity contribution in [3.05, 3.63) is 21.0 Å². The van der Waals surface area contributed by atoms with E-state index in [-0.39, 0.29) is 30.0 Å². The van der Waals surface area contributed by atoms with E-state index in [1.54, 1.807) is 0 Å². The summed E-state index contributed by atoms with van der Waals surface area (Å²) in [6.45, 7) is -0.102. The highest BCUT2D eigenvalue weighted by Crippen LogP contribution is 2.19. The summed E-state index contributed by atoms with van der Waals surface area (Å²) in [5, 5.41) is 17.8. The Balaban J connectivity index is 2.18. The fraction of sp³-hybridized carbons (Fsp3) is 0.455. The van der Waals surface area contributed by atoms with Gasteiger partial charge in [-0.25, -0.2) is 4.68 Å². The van der Waals surface area contributed by atoms with E-state index in [4.69, 9.17) is 5.11 Å². The highest BCUT2D eigenvalue weighted by Gasteiger charge is 2.27. The average molecular weight is 345 g/mol. The van der Waals surface area contributed by atoms with Crippen molar-refractivity contribution in [1.82, 2.24) is 15.1 Å². The Labute approximate surface area is 122 Å². The van der Waals surface area contributed by atoms with E-state index in [2.05, 4.69) is 31.7 Å². The van der Waals surface area contributed by atoms with Crippen LogP contribution in [0.5, 0.6) is 0 Å². The zero-order chi connectivity index (χ0) is 14.7. The number of nitrogens with one attached hydrogen (secondary N) is 2. The fourth-order valence-electron chi connectivity index (χ4n) is 1.84. The van der Waals surface area contributed by atoms with E-state index in [9.17, 15) is 14.4 Å². The zero-order valence-electron chi connectivity index (χ0n) is 10.4. The molecule has 0 saturated carbocycles. The lowest BCUT2D eigenvalue weighted by Crippen LogP contribution is -2.47. The third-order valence-corrected chi connectivity index (χ3v) is 3.63. The molecule has 0 aliphatic carbocycles. The van der Waals surface area contributed by atoms with Crippen LogP contribution >= 0.6 is 15.9 Å². The van der Waals surface area contributed by atoms with Gasteiger partial charge in [-0.3, -0.25) is 19.7 Å². The Morgan fingerprint density at radius 1 is 1.50 bits per heavy atom. The van der Waals surface area contributed by atoms with Crippen LogP contribution in [0.4, 0.5) is 5.69 Å². The van der Waals surface area contributed by atoms with Gasteiger partial charge >= 0.3 is 0 Å². The molecule has 9 heteroatoms. The molecule has 8 nitrogen and oxygen atoms in total. The lowest BCUT2D eigenvalue weighted by Gasteiger charge is -2.23. The van der Waals surface area contributed by atoms with Crippen LogP contribution in [0.15, 0.2) is 15.5 Å². The summed E-state index contributed by atoms with van der Waals surface area (Å²) in [7, 11) is 0. The second-order valence-corrected chi connectivity index (χ2v) is 5.07. The first-order valence-corrected chi connectivity index (χ1v) is 6.79. The van der Waals surface area contributed by atoms with Gasteiger partial charge in [-0.2, -0.15) is 5.10 Å². The molecule has 0 spiro atoms. The lowest BCUT2D eigenvalue weighted by molar-refractivity contribution is -0.133. The predicted octanol–water partition coefficient (Wildman–Crippen LogP) is -0.785. The smallest absolute Gasteiger partial charge is 0.283 e. The molecule has 2 heterocycles. The fourth-order valence-corrected chi connectivity index (χ4v) is 2.26. The van der Waals surface area contributed by atoms with Crippen molar-refractivity contribution in [2.75, 3.05) is 11.9 Å². The van der Waals surface area contributed by atoms with E-state index < -0.39 is 17.5 Å². The van der Waals surface area contributed by atoms with Crippen LogP contribution < -0.4 is 16.2 Å². The van der Waals surface area contributed by atoms with Crippen molar-refractivity contribution < 1.29 is 14.7 Å². The van der Waals surface area contributed by atoms with Crippen LogP contribution in [-0.4, -0.2) is 39.4 Å². The van der Waals surface area contributed by atoms with Gasteiger partial charge in [0.1, 0.15) is 10.5 Å². The Kier molecular flexibility index (Phi) is 4.50. The molecule has 0 bridgehead atoms. The average Bonchev–Trinajstić information content (AvgIpc) is 2.41. The molecule has 2 amide bonds. The van der Waals surface area contributed by atoms with Gasteiger partial charge in [0, 0.05) is 6.42 Å². The number of piperidine rings is 1. The summed E-state index contributed by atoms with van der Waals surface area (Å²) >= 11 is 3.14. The summed E-state index contributed by atoms with van der Waals surface area (Å²) in [6, 6.07) is -0.584. The van der Waals surface area contributed by atoms with E-state index in [0.29, 0.717) is 12.1 Å². The quantitative estimate of drug-likeness (QED) is 0.617. The highest BCUT2D eigenvalue weighted by atomic mass is 79.9. The van der Waals surface area contributed by atoms with Gasteiger partial charge in [-0.05, 0) is 22.4 Å². The number of amides is 2.